The normalized spacial score (nSPS) is 11.4. The second-order valence-electron chi connectivity index (χ2n) is 2.59. The van der Waals surface area contributed by atoms with Crippen molar-refractivity contribution in [2.75, 3.05) is 33.0 Å². The molecular weight excluding hydrogens is 240 g/mol. The molecule has 0 saturated heterocycles. The average molecular weight is 256 g/mol. The molecule has 0 aromatic heterocycles. The fraction of sp³-hybridized carbons (Fsp3) is 0.875. The van der Waals surface area contributed by atoms with Crippen LogP contribution >= 0.6 is 0 Å². The van der Waals surface area contributed by atoms with Crippen molar-refractivity contribution in [1.82, 2.24) is 0 Å². The van der Waals surface area contributed by atoms with Crippen LogP contribution in [-0.2, 0) is 33.0 Å². The summed E-state index contributed by atoms with van der Waals surface area (Å²) in [7, 11) is -3.90. The van der Waals surface area contributed by atoms with E-state index in [1.807, 2.05) is 0 Å². The highest BCUT2D eigenvalue weighted by Gasteiger charge is 2.09. The summed E-state index contributed by atoms with van der Waals surface area (Å²) in [5.41, 5.74) is 0. The molecule has 0 unspecified atom stereocenters. The van der Waals surface area contributed by atoms with Crippen LogP contribution in [0, 0.1) is 0 Å². The number of carbonyl (C=O) groups excluding carboxylic acids is 1. The molecule has 0 amide bonds. The van der Waals surface area contributed by atoms with Crippen molar-refractivity contribution < 1.29 is 31.1 Å². The van der Waals surface area contributed by atoms with Crippen molar-refractivity contribution in [1.29, 1.82) is 0 Å². The Bertz CT molecular complexity index is 285. The number of carbonyl (C=O) groups is 1. The lowest BCUT2D eigenvalue weighted by molar-refractivity contribution is -0.142. The first-order valence-electron chi connectivity index (χ1n) is 4.73. The van der Waals surface area contributed by atoms with Crippen LogP contribution in [0.2, 0.25) is 0 Å². The van der Waals surface area contributed by atoms with Crippen molar-refractivity contribution in [3.05, 3.63) is 0 Å². The fourth-order valence-electron chi connectivity index (χ4n) is 0.720. The summed E-state index contributed by atoms with van der Waals surface area (Å²) < 4.78 is 39.9. The van der Waals surface area contributed by atoms with E-state index in [1.165, 1.54) is 13.8 Å². The maximum atomic E-state index is 10.8. The van der Waals surface area contributed by atoms with Gasteiger partial charge in [0.25, 0.3) is 0 Å². The number of rotatable bonds is 9. The van der Waals surface area contributed by atoms with Gasteiger partial charge in [0.05, 0.1) is 26.4 Å². The molecule has 0 radical (unpaired) electrons. The summed E-state index contributed by atoms with van der Waals surface area (Å²) in [6, 6.07) is 0. The van der Waals surface area contributed by atoms with Crippen LogP contribution < -0.4 is 0 Å². The summed E-state index contributed by atoms with van der Waals surface area (Å²) in [5.74, 6) is -0.390. The topological polar surface area (TPSA) is 88.1 Å². The van der Waals surface area contributed by atoms with Gasteiger partial charge in [-0.15, -0.1) is 0 Å². The molecule has 0 aliphatic carbocycles. The molecule has 96 valence electrons. The van der Waals surface area contributed by atoms with Crippen molar-refractivity contribution in [3.63, 3.8) is 0 Å². The molecule has 0 spiro atoms. The minimum absolute atomic E-state index is 0.0235. The Labute approximate surface area is 95.0 Å². The van der Waals surface area contributed by atoms with Crippen LogP contribution in [0.5, 0.6) is 0 Å². The lowest BCUT2D eigenvalue weighted by Crippen LogP contribution is -2.15. The van der Waals surface area contributed by atoms with Gasteiger partial charge in [-0.3, -0.25) is 4.79 Å². The second kappa shape index (κ2) is 8.45. The average Bonchev–Trinajstić information content (AvgIpc) is 2.15. The monoisotopic (exact) mass is 256 g/mol. The van der Waals surface area contributed by atoms with Crippen LogP contribution in [0.15, 0.2) is 0 Å². The SMILES string of the molecule is CCOS(=O)(=O)OCCOCCOC(C)=O. The summed E-state index contributed by atoms with van der Waals surface area (Å²) >= 11 is 0. The van der Waals surface area contributed by atoms with Crippen molar-refractivity contribution in [2.24, 2.45) is 0 Å². The molecule has 0 N–H and O–H groups in total. The number of hydrogen-bond donors (Lipinski definition) is 0. The van der Waals surface area contributed by atoms with Gasteiger partial charge in [-0.05, 0) is 6.92 Å². The highest BCUT2D eigenvalue weighted by molar-refractivity contribution is 7.81. The molecule has 16 heavy (non-hydrogen) atoms. The summed E-state index contributed by atoms with van der Waals surface area (Å²) in [5, 5.41) is 0. The Kier molecular flexibility index (Phi) is 8.08. The van der Waals surface area contributed by atoms with E-state index >= 15 is 0 Å². The molecule has 0 saturated carbocycles. The minimum Gasteiger partial charge on any atom is -0.463 e. The van der Waals surface area contributed by atoms with Gasteiger partial charge in [0.1, 0.15) is 6.61 Å². The lowest BCUT2D eigenvalue weighted by Gasteiger charge is -2.05. The third-order valence-electron chi connectivity index (χ3n) is 1.25. The highest BCUT2D eigenvalue weighted by Crippen LogP contribution is 1.94. The zero-order chi connectivity index (χ0) is 12.4. The van der Waals surface area contributed by atoms with Gasteiger partial charge in [-0.25, -0.2) is 8.37 Å². The molecule has 0 bridgehead atoms. The quantitative estimate of drug-likeness (QED) is 0.419. The predicted molar refractivity (Wildman–Crippen MR) is 53.9 cm³/mol. The van der Waals surface area contributed by atoms with Gasteiger partial charge in [0, 0.05) is 6.92 Å². The van der Waals surface area contributed by atoms with Crippen LogP contribution in [0.25, 0.3) is 0 Å². The zero-order valence-corrected chi connectivity index (χ0v) is 10.1. The van der Waals surface area contributed by atoms with E-state index in [0.29, 0.717) is 0 Å². The Morgan fingerprint density at radius 1 is 1.06 bits per heavy atom. The predicted octanol–water partition coefficient (Wildman–Crippen LogP) is -0.136. The molecule has 0 atom stereocenters. The highest BCUT2D eigenvalue weighted by atomic mass is 32.3. The van der Waals surface area contributed by atoms with Gasteiger partial charge in [0.15, 0.2) is 0 Å². The fourth-order valence-corrected chi connectivity index (χ4v) is 1.35. The van der Waals surface area contributed by atoms with Crippen LogP contribution in [-0.4, -0.2) is 47.4 Å². The maximum absolute atomic E-state index is 10.8. The van der Waals surface area contributed by atoms with Gasteiger partial charge in [-0.1, -0.05) is 0 Å². The molecule has 0 rings (SSSR count). The molecule has 0 fully saturated rings. The first-order valence-corrected chi connectivity index (χ1v) is 6.06. The van der Waals surface area contributed by atoms with E-state index in [9.17, 15) is 13.2 Å². The van der Waals surface area contributed by atoms with Gasteiger partial charge < -0.3 is 9.47 Å². The summed E-state index contributed by atoms with van der Waals surface area (Å²) in [6.07, 6.45) is 0. The molecular formula is C8H16O7S. The molecule has 8 heteroatoms. The van der Waals surface area contributed by atoms with E-state index in [-0.39, 0.29) is 33.0 Å². The third kappa shape index (κ3) is 9.84. The number of ether oxygens (including phenoxy) is 2. The van der Waals surface area contributed by atoms with Crippen LogP contribution in [0.4, 0.5) is 0 Å². The third-order valence-corrected chi connectivity index (χ3v) is 2.23. The first-order chi connectivity index (χ1) is 7.48. The Morgan fingerprint density at radius 3 is 2.25 bits per heavy atom. The van der Waals surface area contributed by atoms with Crippen LogP contribution in [0.3, 0.4) is 0 Å². The standard InChI is InChI=1S/C8H16O7S/c1-3-14-16(10,11)15-7-5-12-4-6-13-8(2)9/h3-7H2,1-2H3. The maximum Gasteiger partial charge on any atom is 0.399 e. The van der Waals surface area contributed by atoms with Gasteiger partial charge in [-0.2, -0.15) is 8.42 Å². The van der Waals surface area contributed by atoms with Gasteiger partial charge in [0.2, 0.25) is 0 Å². The lowest BCUT2D eigenvalue weighted by atomic mass is 10.7. The van der Waals surface area contributed by atoms with Crippen molar-refractivity contribution >= 4 is 16.4 Å². The smallest absolute Gasteiger partial charge is 0.399 e. The largest absolute Gasteiger partial charge is 0.463 e. The number of hydrogen-bond acceptors (Lipinski definition) is 7. The molecule has 0 aliphatic heterocycles. The van der Waals surface area contributed by atoms with Crippen LogP contribution in [0.1, 0.15) is 13.8 Å². The van der Waals surface area contributed by atoms with E-state index in [1.54, 1.807) is 0 Å². The van der Waals surface area contributed by atoms with E-state index < -0.39 is 16.4 Å². The van der Waals surface area contributed by atoms with E-state index in [0.717, 1.165) is 0 Å². The molecule has 7 nitrogen and oxygen atoms in total. The van der Waals surface area contributed by atoms with E-state index in [4.69, 9.17) is 4.74 Å². The van der Waals surface area contributed by atoms with Crippen molar-refractivity contribution in [2.45, 2.75) is 13.8 Å². The minimum atomic E-state index is -3.90. The van der Waals surface area contributed by atoms with Crippen molar-refractivity contribution in [3.8, 4) is 0 Å². The Morgan fingerprint density at radius 2 is 1.69 bits per heavy atom. The second-order valence-corrected chi connectivity index (χ2v) is 3.88. The molecule has 0 aliphatic rings. The molecule has 0 aromatic rings. The summed E-state index contributed by atoms with van der Waals surface area (Å²) in [4.78, 5) is 10.3. The van der Waals surface area contributed by atoms with E-state index in [2.05, 4.69) is 13.1 Å². The molecule has 0 heterocycles. The Hall–Kier alpha value is -0.700. The van der Waals surface area contributed by atoms with Gasteiger partial charge >= 0.3 is 16.4 Å². The molecule has 0 aromatic carbocycles. The summed E-state index contributed by atoms with van der Waals surface area (Å²) in [6.45, 7) is 3.12. The zero-order valence-electron chi connectivity index (χ0n) is 9.30. The first kappa shape index (κ1) is 15.3. The number of esters is 1. The Balaban J connectivity index is 3.37.